The van der Waals surface area contributed by atoms with Crippen LogP contribution in [0.4, 0.5) is 5.13 Å². The molecule has 0 aliphatic carbocycles. The van der Waals surface area contributed by atoms with E-state index in [-0.39, 0.29) is 6.10 Å². The van der Waals surface area contributed by atoms with Crippen molar-refractivity contribution in [3.05, 3.63) is 30.0 Å². The number of β-amino-alcohol motifs (C(OH)–C–C–N with tert-alkyl or cyclic N) is 1. The summed E-state index contributed by atoms with van der Waals surface area (Å²) in [5.74, 6) is 0. The number of aromatic nitrogens is 3. The number of rotatable bonds is 5. The fourth-order valence-corrected chi connectivity index (χ4v) is 3.59. The zero-order chi connectivity index (χ0) is 14.7. The number of piperazine rings is 1. The monoisotopic (exact) mass is 307 g/mol. The molecular weight excluding hydrogens is 286 g/mol. The normalized spacial score (nSPS) is 21.6. The van der Waals surface area contributed by atoms with Gasteiger partial charge in [0.05, 0.1) is 12.6 Å². The van der Waals surface area contributed by atoms with E-state index in [2.05, 4.69) is 26.8 Å². The van der Waals surface area contributed by atoms with Gasteiger partial charge in [0.2, 0.25) is 0 Å². The molecule has 0 unspecified atom stereocenters. The second-order valence-electron chi connectivity index (χ2n) is 5.50. The van der Waals surface area contributed by atoms with Crippen LogP contribution in [-0.4, -0.2) is 63.1 Å². The van der Waals surface area contributed by atoms with Crippen LogP contribution in [0.2, 0.25) is 0 Å². The number of aliphatic hydroxyl groups excluding tert-OH is 1. The summed E-state index contributed by atoms with van der Waals surface area (Å²) in [4.78, 5) is 9.06. The Morgan fingerprint density at radius 2 is 2.29 bits per heavy atom. The quantitative estimate of drug-likeness (QED) is 0.890. The van der Waals surface area contributed by atoms with Crippen molar-refractivity contribution >= 4 is 16.5 Å². The topological polar surface area (TPSA) is 57.4 Å². The molecule has 7 heteroatoms. The van der Waals surface area contributed by atoms with Gasteiger partial charge in [0.15, 0.2) is 5.13 Å². The predicted octanol–water partition coefficient (Wildman–Crippen LogP) is 0.911. The van der Waals surface area contributed by atoms with Crippen LogP contribution in [-0.2, 0) is 6.54 Å². The van der Waals surface area contributed by atoms with Crippen LogP contribution in [0.3, 0.4) is 0 Å². The maximum atomic E-state index is 10.2. The molecule has 2 aromatic rings. The molecule has 114 valence electrons. The minimum atomic E-state index is -0.386. The first-order valence-corrected chi connectivity index (χ1v) is 8.14. The largest absolute Gasteiger partial charge is 0.390 e. The van der Waals surface area contributed by atoms with Crippen molar-refractivity contribution in [3.8, 4) is 0 Å². The third-order valence-corrected chi connectivity index (χ3v) is 4.61. The Balaban J connectivity index is 1.50. The molecule has 3 heterocycles. The Kier molecular flexibility index (Phi) is 4.52. The SMILES string of the molecule is C[C@H]1CN(C[C@@H](O)Cn2cccn2)CCN1c1nccs1. The highest BCUT2D eigenvalue weighted by Crippen LogP contribution is 2.22. The molecule has 1 fully saturated rings. The molecule has 0 spiro atoms. The molecule has 21 heavy (non-hydrogen) atoms. The summed E-state index contributed by atoms with van der Waals surface area (Å²) in [6.45, 7) is 6.33. The van der Waals surface area contributed by atoms with E-state index in [1.54, 1.807) is 22.2 Å². The van der Waals surface area contributed by atoms with E-state index >= 15 is 0 Å². The van der Waals surface area contributed by atoms with Gasteiger partial charge in [-0.25, -0.2) is 4.98 Å². The van der Waals surface area contributed by atoms with Gasteiger partial charge in [0.1, 0.15) is 0 Å². The first-order valence-electron chi connectivity index (χ1n) is 7.26. The van der Waals surface area contributed by atoms with Crippen LogP contribution in [0.1, 0.15) is 6.92 Å². The molecule has 2 aromatic heterocycles. The zero-order valence-corrected chi connectivity index (χ0v) is 13.0. The van der Waals surface area contributed by atoms with Gasteiger partial charge in [0, 0.05) is 56.2 Å². The highest BCUT2D eigenvalue weighted by molar-refractivity contribution is 7.13. The van der Waals surface area contributed by atoms with E-state index < -0.39 is 0 Å². The van der Waals surface area contributed by atoms with Crippen LogP contribution in [0.15, 0.2) is 30.0 Å². The molecule has 1 N–H and O–H groups in total. The lowest BCUT2D eigenvalue weighted by Crippen LogP contribution is -2.53. The van der Waals surface area contributed by atoms with Crippen LogP contribution in [0.25, 0.3) is 0 Å². The van der Waals surface area contributed by atoms with E-state index in [1.807, 2.05) is 23.8 Å². The van der Waals surface area contributed by atoms with E-state index in [9.17, 15) is 5.11 Å². The summed E-state index contributed by atoms with van der Waals surface area (Å²) >= 11 is 1.69. The van der Waals surface area contributed by atoms with E-state index in [0.29, 0.717) is 19.1 Å². The minimum absolute atomic E-state index is 0.386. The van der Waals surface area contributed by atoms with Gasteiger partial charge in [-0.1, -0.05) is 0 Å². The van der Waals surface area contributed by atoms with Gasteiger partial charge in [-0.15, -0.1) is 11.3 Å². The highest BCUT2D eigenvalue weighted by atomic mass is 32.1. The second-order valence-corrected chi connectivity index (χ2v) is 6.37. The molecule has 0 radical (unpaired) electrons. The lowest BCUT2D eigenvalue weighted by atomic mass is 10.2. The maximum Gasteiger partial charge on any atom is 0.185 e. The van der Waals surface area contributed by atoms with Gasteiger partial charge < -0.3 is 10.0 Å². The molecule has 2 atom stereocenters. The van der Waals surface area contributed by atoms with Crippen molar-refractivity contribution < 1.29 is 5.11 Å². The standard InChI is InChI=1S/C14H21N5OS/c1-12-9-17(6-7-19(12)14-15-4-8-21-14)10-13(20)11-18-5-2-3-16-18/h2-5,8,12-13,20H,6-7,9-11H2,1H3/t12-,13+/m0/s1. The summed E-state index contributed by atoms with van der Waals surface area (Å²) in [7, 11) is 0. The van der Waals surface area contributed by atoms with Gasteiger partial charge in [-0.3, -0.25) is 9.58 Å². The van der Waals surface area contributed by atoms with E-state index in [4.69, 9.17) is 0 Å². The Morgan fingerprint density at radius 1 is 1.38 bits per heavy atom. The third-order valence-electron chi connectivity index (χ3n) is 3.80. The molecule has 6 nitrogen and oxygen atoms in total. The second kappa shape index (κ2) is 6.55. The third kappa shape index (κ3) is 3.61. The van der Waals surface area contributed by atoms with E-state index in [1.165, 1.54) is 0 Å². The average Bonchev–Trinajstić information content (AvgIpc) is 3.11. The lowest BCUT2D eigenvalue weighted by Gasteiger charge is -2.40. The van der Waals surface area contributed by atoms with Gasteiger partial charge in [-0.05, 0) is 13.0 Å². The molecule has 0 aromatic carbocycles. The summed E-state index contributed by atoms with van der Waals surface area (Å²) in [6.07, 6.45) is 5.09. The van der Waals surface area contributed by atoms with Crippen LogP contribution in [0.5, 0.6) is 0 Å². The van der Waals surface area contributed by atoms with Gasteiger partial charge in [-0.2, -0.15) is 5.10 Å². The number of hydrogen-bond acceptors (Lipinski definition) is 6. The zero-order valence-electron chi connectivity index (χ0n) is 12.2. The number of hydrogen-bond donors (Lipinski definition) is 1. The van der Waals surface area contributed by atoms with Crippen molar-refractivity contribution in [1.82, 2.24) is 19.7 Å². The van der Waals surface area contributed by atoms with Crippen molar-refractivity contribution in [3.63, 3.8) is 0 Å². The maximum absolute atomic E-state index is 10.2. The fourth-order valence-electron chi connectivity index (χ4n) is 2.82. The summed E-state index contributed by atoms with van der Waals surface area (Å²) in [5.41, 5.74) is 0. The van der Waals surface area contributed by atoms with Gasteiger partial charge >= 0.3 is 0 Å². The molecule has 0 bridgehead atoms. The minimum Gasteiger partial charge on any atom is -0.390 e. The summed E-state index contributed by atoms with van der Waals surface area (Å²) in [5, 5.41) is 17.4. The smallest absolute Gasteiger partial charge is 0.185 e. The first kappa shape index (κ1) is 14.5. The van der Waals surface area contributed by atoms with Gasteiger partial charge in [0.25, 0.3) is 0 Å². The van der Waals surface area contributed by atoms with Crippen molar-refractivity contribution in [2.24, 2.45) is 0 Å². The summed E-state index contributed by atoms with van der Waals surface area (Å²) in [6, 6.07) is 2.29. The van der Waals surface area contributed by atoms with Crippen molar-refractivity contribution in [1.29, 1.82) is 0 Å². The number of aliphatic hydroxyl groups is 1. The van der Waals surface area contributed by atoms with Crippen LogP contribution >= 0.6 is 11.3 Å². The molecule has 0 amide bonds. The van der Waals surface area contributed by atoms with E-state index in [0.717, 1.165) is 24.8 Å². The molecule has 0 saturated carbocycles. The number of thiazole rings is 1. The van der Waals surface area contributed by atoms with Crippen molar-refractivity contribution in [2.45, 2.75) is 25.6 Å². The van der Waals surface area contributed by atoms with Crippen LogP contribution < -0.4 is 4.90 Å². The lowest BCUT2D eigenvalue weighted by molar-refractivity contribution is 0.0863. The van der Waals surface area contributed by atoms with Crippen molar-refractivity contribution in [2.75, 3.05) is 31.1 Å². The Hall–Kier alpha value is -1.44. The Morgan fingerprint density at radius 3 is 2.95 bits per heavy atom. The molecular formula is C14H21N5OS. The first-order chi connectivity index (χ1) is 10.2. The number of nitrogens with zero attached hydrogens (tertiary/aromatic N) is 5. The Labute approximate surface area is 128 Å². The fraction of sp³-hybridized carbons (Fsp3) is 0.571. The average molecular weight is 307 g/mol. The number of anilines is 1. The highest BCUT2D eigenvalue weighted by Gasteiger charge is 2.26. The molecule has 1 aliphatic rings. The van der Waals surface area contributed by atoms with Crippen LogP contribution in [0, 0.1) is 0 Å². The molecule has 1 aliphatic heterocycles. The summed E-state index contributed by atoms with van der Waals surface area (Å²) < 4.78 is 1.78. The Bertz CT molecular complexity index is 528. The molecule has 3 rings (SSSR count). The molecule has 1 saturated heterocycles. The predicted molar refractivity (Wildman–Crippen MR) is 83.6 cm³/mol.